The number of amides is 2. The Balaban J connectivity index is 1.38. The van der Waals surface area contributed by atoms with Crippen molar-refractivity contribution in [3.63, 3.8) is 0 Å². The summed E-state index contributed by atoms with van der Waals surface area (Å²) < 4.78 is 11.7. The van der Waals surface area contributed by atoms with Crippen LogP contribution in [0.15, 0.2) is 114 Å². The Morgan fingerprint density at radius 1 is 0.821 bits per heavy atom. The third-order valence-corrected chi connectivity index (χ3v) is 5.84. The first-order valence-corrected chi connectivity index (χ1v) is 12.8. The first-order valence-electron chi connectivity index (χ1n) is 12.8. The Morgan fingerprint density at radius 3 is 2.18 bits per heavy atom. The fourth-order valence-corrected chi connectivity index (χ4v) is 3.91. The van der Waals surface area contributed by atoms with Gasteiger partial charge in [-0.2, -0.15) is 5.10 Å². The molecule has 7 heteroatoms. The van der Waals surface area contributed by atoms with Crippen LogP contribution in [0.5, 0.6) is 11.5 Å². The van der Waals surface area contributed by atoms with E-state index in [0.29, 0.717) is 30.3 Å². The summed E-state index contributed by atoms with van der Waals surface area (Å²) in [6.07, 6.45) is 1.57. The smallest absolute Gasteiger partial charge is 0.251 e. The van der Waals surface area contributed by atoms with Gasteiger partial charge in [-0.15, -0.1) is 0 Å². The van der Waals surface area contributed by atoms with Gasteiger partial charge in [-0.1, -0.05) is 78.9 Å². The van der Waals surface area contributed by atoms with Crippen LogP contribution in [0.4, 0.5) is 0 Å². The highest BCUT2D eigenvalue weighted by atomic mass is 16.5. The van der Waals surface area contributed by atoms with Gasteiger partial charge in [-0.25, -0.2) is 5.43 Å². The molecule has 0 bridgehead atoms. The zero-order valence-electron chi connectivity index (χ0n) is 21.7. The number of hydrogen-bond acceptors (Lipinski definition) is 5. The van der Waals surface area contributed by atoms with Crippen molar-refractivity contribution in [1.29, 1.82) is 0 Å². The number of carbonyl (C=O) groups excluding carboxylic acids is 2. The summed E-state index contributed by atoms with van der Waals surface area (Å²) >= 11 is 0. The average molecular weight is 522 g/mol. The van der Waals surface area contributed by atoms with Crippen LogP contribution in [0.3, 0.4) is 0 Å². The molecule has 4 aromatic rings. The van der Waals surface area contributed by atoms with E-state index in [0.717, 1.165) is 16.7 Å². The topological polar surface area (TPSA) is 89.0 Å². The van der Waals surface area contributed by atoms with Crippen LogP contribution in [0.2, 0.25) is 0 Å². The largest absolute Gasteiger partial charge is 0.490 e. The van der Waals surface area contributed by atoms with Gasteiger partial charge in [0.05, 0.1) is 25.3 Å². The lowest BCUT2D eigenvalue weighted by Crippen LogP contribution is -2.32. The maximum atomic E-state index is 12.8. The number of benzene rings is 4. The third-order valence-electron chi connectivity index (χ3n) is 5.84. The number of ether oxygens (including phenoxy) is 2. The van der Waals surface area contributed by atoms with E-state index < -0.39 is 6.04 Å². The molecule has 1 atom stereocenters. The van der Waals surface area contributed by atoms with E-state index in [1.807, 2.05) is 91.9 Å². The summed E-state index contributed by atoms with van der Waals surface area (Å²) in [6.45, 7) is 2.81. The second kappa shape index (κ2) is 14.1. The van der Waals surface area contributed by atoms with Crippen molar-refractivity contribution >= 4 is 18.0 Å². The van der Waals surface area contributed by atoms with Crippen molar-refractivity contribution in [3.8, 4) is 11.5 Å². The Kier molecular flexibility index (Phi) is 9.84. The maximum Gasteiger partial charge on any atom is 0.251 e. The summed E-state index contributed by atoms with van der Waals surface area (Å²) in [6, 6.07) is 33.1. The van der Waals surface area contributed by atoms with Crippen LogP contribution in [-0.4, -0.2) is 24.6 Å². The predicted molar refractivity (Wildman–Crippen MR) is 152 cm³/mol. The molecule has 2 N–H and O–H groups in total. The molecule has 0 aromatic heterocycles. The highest BCUT2D eigenvalue weighted by Gasteiger charge is 2.19. The first kappa shape index (κ1) is 27.1. The minimum absolute atomic E-state index is 0.0242. The van der Waals surface area contributed by atoms with Gasteiger partial charge in [-0.3, -0.25) is 9.59 Å². The van der Waals surface area contributed by atoms with Crippen molar-refractivity contribution in [2.24, 2.45) is 5.10 Å². The first-order chi connectivity index (χ1) is 19.1. The molecular weight excluding hydrogens is 490 g/mol. The van der Waals surface area contributed by atoms with E-state index in [2.05, 4.69) is 15.8 Å². The Morgan fingerprint density at radius 2 is 1.49 bits per heavy atom. The predicted octanol–water partition coefficient (Wildman–Crippen LogP) is 5.68. The minimum atomic E-state index is -0.514. The van der Waals surface area contributed by atoms with E-state index >= 15 is 0 Å². The molecule has 0 radical (unpaired) electrons. The standard InChI is InChI=1S/C32H31N3O4/c1-2-38-30-20-25(18-19-29(30)39-23-24-12-6-3-7-13-24)22-33-35-31(36)21-28(26-14-8-4-9-15-26)34-32(37)27-16-10-5-11-17-27/h3-20,22,28H,2,21,23H2,1H3,(H,34,37)(H,35,36)/b33-22-/t28-/m1/s1. The Labute approximate surface area is 228 Å². The minimum Gasteiger partial charge on any atom is -0.490 e. The molecule has 2 amide bonds. The van der Waals surface area contributed by atoms with Gasteiger partial charge >= 0.3 is 0 Å². The quantitative estimate of drug-likeness (QED) is 0.186. The lowest BCUT2D eigenvalue weighted by atomic mass is 10.0. The summed E-state index contributed by atoms with van der Waals surface area (Å²) in [5.41, 5.74) is 5.71. The van der Waals surface area contributed by atoms with E-state index in [1.165, 1.54) is 0 Å². The van der Waals surface area contributed by atoms with E-state index in [1.54, 1.807) is 30.5 Å². The SMILES string of the molecule is CCOc1cc(/C=N\NC(=O)C[C@@H](NC(=O)c2ccccc2)c2ccccc2)ccc1OCc1ccccc1. The summed E-state index contributed by atoms with van der Waals surface area (Å²) in [7, 11) is 0. The molecule has 0 heterocycles. The molecule has 0 unspecified atom stereocenters. The molecule has 0 saturated carbocycles. The highest BCUT2D eigenvalue weighted by Crippen LogP contribution is 2.29. The molecule has 0 spiro atoms. The summed E-state index contributed by atoms with van der Waals surface area (Å²) in [4.78, 5) is 25.5. The summed E-state index contributed by atoms with van der Waals surface area (Å²) in [5.74, 6) is 0.637. The Hall–Kier alpha value is -4.91. The van der Waals surface area contributed by atoms with Crippen LogP contribution in [0.25, 0.3) is 0 Å². The molecular formula is C32H31N3O4. The number of hydrogen-bond donors (Lipinski definition) is 2. The monoisotopic (exact) mass is 521 g/mol. The van der Waals surface area contributed by atoms with Gasteiger partial charge in [0.1, 0.15) is 6.61 Å². The van der Waals surface area contributed by atoms with Crippen LogP contribution in [-0.2, 0) is 11.4 Å². The molecule has 39 heavy (non-hydrogen) atoms. The second-order valence-corrected chi connectivity index (χ2v) is 8.71. The highest BCUT2D eigenvalue weighted by molar-refractivity contribution is 5.94. The van der Waals surface area contributed by atoms with Gasteiger partial charge < -0.3 is 14.8 Å². The van der Waals surface area contributed by atoms with Crippen LogP contribution >= 0.6 is 0 Å². The van der Waals surface area contributed by atoms with Crippen molar-refractivity contribution < 1.29 is 19.1 Å². The third kappa shape index (κ3) is 8.30. The maximum absolute atomic E-state index is 12.8. The normalized spacial score (nSPS) is 11.5. The van der Waals surface area contributed by atoms with Crippen molar-refractivity contribution in [1.82, 2.24) is 10.7 Å². The molecule has 4 aromatic carbocycles. The fourth-order valence-electron chi connectivity index (χ4n) is 3.91. The number of nitrogens with zero attached hydrogens (tertiary/aromatic N) is 1. The van der Waals surface area contributed by atoms with Gasteiger partial charge in [0.25, 0.3) is 5.91 Å². The van der Waals surface area contributed by atoms with Gasteiger partial charge in [0.15, 0.2) is 11.5 Å². The van der Waals surface area contributed by atoms with Gasteiger partial charge in [0.2, 0.25) is 5.91 Å². The molecule has 4 rings (SSSR count). The lowest BCUT2D eigenvalue weighted by Gasteiger charge is -2.18. The number of hydrazone groups is 1. The zero-order valence-corrected chi connectivity index (χ0v) is 21.7. The van der Waals surface area contributed by atoms with Crippen molar-refractivity contribution in [2.45, 2.75) is 26.0 Å². The number of carbonyl (C=O) groups is 2. The van der Waals surface area contributed by atoms with E-state index in [-0.39, 0.29) is 18.2 Å². The van der Waals surface area contributed by atoms with E-state index in [9.17, 15) is 9.59 Å². The molecule has 0 aliphatic carbocycles. The van der Waals surface area contributed by atoms with Gasteiger partial charge in [0, 0.05) is 5.56 Å². The van der Waals surface area contributed by atoms with Crippen LogP contribution < -0.4 is 20.2 Å². The second-order valence-electron chi connectivity index (χ2n) is 8.71. The molecule has 0 aliphatic heterocycles. The molecule has 198 valence electrons. The lowest BCUT2D eigenvalue weighted by molar-refractivity contribution is -0.121. The van der Waals surface area contributed by atoms with Crippen molar-refractivity contribution in [3.05, 3.63) is 131 Å². The Bertz CT molecular complexity index is 1380. The average Bonchev–Trinajstić information content (AvgIpc) is 2.98. The molecule has 0 aliphatic rings. The van der Waals surface area contributed by atoms with Crippen LogP contribution in [0.1, 0.15) is 46.4 Å². The van der Waals surface area contributed by atoms with E-state index in [4.69, 9.17) is 9.47 Å². The zero-order chi connectivity index (χ0) is 27.3. The van der Waals surface area contributed by atoms with Crippen LogP contribution in [0, 0.1) is 0 Å². The number of rotatable bonds is 12. The molecule has 0 fully saturated rings. The number of nitrogens with one attached hydrogen (secondary N) is 2. The van der Waals surface area contributed by atoms with Gasteiger partial charge in [-0.05, 0) is 53.9 Å². The molecule has 7 nitrogen and oxygen atoms in total. The molecule has 0 saturated heterocycles. The summed E-state index contributed by atoms with van der Waals surface area (Å²) in [5, 5.41) is 7.07. The fraction of sp³-hybridized carbons (Fsp3) is 0.156. The van der Waals surface area contributed by atoms with Crippen molar-refractivity contribution in [2.75, 3.05) is 6.61 Å².